The normalized spacial score (nSPS) is 15.4. The molecule has 0 fully saturated rings. The zero-order chi connectivity index (χ0) is 24.2. The highest BCUT2D eigenvalue weighted by Gasteiger charge is 2.29. The van der Waals surface area contributed by atoms with Crippen LogP contribution in [0.3, 0.4) is 0 Å². The lowest BCUT2D eigenvalue weighted by Gasteiger charge is -2.18. The summed E-state index contributed by atoms with van der Waals surface area (Å²) >= 11 is 1.35. The maximum atomic E-state index is 14.0. The van der Waals surface area contributed by atoms with E-state index in [2.05, 4.69) is 12.2 Å². The van der Waals surface area contributed by atoms with Crippen LogP contribution < -0.4 is 5.32 Å². The van der Waals surface area contributed by atoms with Crippen molar-refractivity contribution in [3.05, 3.63) is 69.6 Å². The summed E-state index contributed by atoms with van der Waals surface area (Å²) in [5.74, 6) is -0.576. The Morgan fingerprint density at radius 3 is 2.85 bits per heavy atom. The molecule has 1 aliphatic carbocycles. The van der Waals surface area contributed by atoms with Gasteiger partial charge in [-0.3, -0.25) is 4.79 Å². The number of anilines is 1. The van der Waals surface area contributed by atoms with Crippen LogP contribution in [-0.2, 0) is 22.4 Å². The van der Waals surface area contributed by atoms with Gasteiger partial charge in [0.2, 0.25) is 0 Å². The highest BCUT2D eigenvalue weighted by Crippen LogP contribution is 2.40. The van der Waals surface area contributed by atoms with Gasteiger partial charge in [-0.25, -0.2) is 9.18 Å². The molecule has 0 saturated heterocycles. The highest BCUT2D eigenvalue weighted by atomic mass is 32.1. The largest absolute Gasteiger partial charge is 0.462 e. The molecular formula is C26H23FN2O4S. The van der Waals surface area contributed by atoms with Gasteiger partial charge in [0.05, 0.1) is 17.7 Å². The third-order valence-corrected chi connectivity index (χ3v) is 6.81. The Balaban J connectivity index is 1.61. The second-order valence-corrected chi connectivity index (χ2v) is 9.19. The third-order valence-electron chi connectivity index (χ3n) is 5.64. The minimum absolute atomic E-state index is 0.205. The van der Waals surface area contributed by atoms with E-state index < -0.39 is 17.7 Å². The Bertz CT molecular complexity index is 1310. The number of hydrogen-bond acceptors (Lipinski definition) is 6. The monoisotopic (exact) mass is 478 g/mol. The molecule has 4 rings (SSSR count). The molecule has 174 valence electrons. The summed E-state index contributed by atoms with van der Waals surface area (Å²) < 4.78 is 24.9. The number of halogens is 1. The van der Waals surface area contributed by atoms with Gasteiger partial charge in [-0.2, -0.15) is 5.26 Å². The molecular weight excluding hydrogens is 455 g/mol. The van der Waals surface area contributed by atoms with Crippen LogP contribution in [0.2, 0.25) is 0 Å². The van der Waals surface area contributed by atoms with Gasteiger partial charge in [-0.15, -0.1) is 11.3 Å². The van der Waals surface area contributed by atoms with Crippen molar-refractivity contribution in [2.24, 2.45) is 5.92 Å². The first kappa shape index (κ1) is 23.5. The number of esters is 1. The fourth-order valence-corrected chi connectivity index (χ4v) is 5.35. The van der Waals surface area contributed by atoms with Gasteiger partial charge < -0.3 is 14.5 Å². The predicted molar refractivity (Wildman–Crippen MR) is 128 cm³/mol. The Hall–Kier alpha value is -3.70. The van der Waals surface area contributed by atoms with E-state index in [9.17, 15) is 19.2 Å². The first-order valence-electron chi connectivity index (χ1n) is 11.0. The number of benzene rings is 1. The molecule has 2 heterocycles. The van der Waals surface area contributed by atoms with Crippen molar-refractivity contribution in [3.63, 3.8) is 0 Å². The number of carbonyl (C=O) groups is 2. The van der Waals surface area contributed by atoms with E-state index in [1.54, 1.807) is 37.3 Å². The Labute approximate surface area is 200 Å². The number of nitrogens with one attached hydrogen (secondary N) is 1. The summed E-state index contributed by atoms with van der Waals surface area (Å²) in [5.41, 5.74) is 1.37. The van der Waals surface area contributed by atoms with Crippen molar-refractivity contribution in [2.45, 2.75) is 33.1 Å². The molecule has 6 nitrogen and oxygen atoms in total. The molecule has 1 aromatic carbocycles. The van der Waals surface area contributed by atoms with Crippen molar-refractivity contribution < 1.29 is 23.1 Å². The smallest absolute Gasteiger partial charge is 0.341 e. The van der Waals surface area contributed by atoms with Crippen molar-refractivity contribution >= 4 is 34.3 Å². The summed E-state index contributed by atoms with van der Waals surface area (Å²) in [6.45, 7) is 4.10. The van der Waals surface area contributed by atoms with E-state index in [1.807, 2.05) is 6.07 Å². The minimum Gasteiger partial charge on any atom is -0.462 e. The van der Waals surface area contributed by atoms with E-state index in [0.29, 0.717) is 16.5 Å². The number of fused-ring (bicyclic) bond motifs is 1. The van der Waals surface area contributed by atoms with E-state index in [-0.39, 0.29) is 29.3 Å². The van der Waals surface area contributed by atoms with Crippen molar-refractivity contribution in [1.82, 2.24) is 0 Å². The van der Waals surface area contributed by atoms with Crippen LogP contribution in [-0.4, -0.2) is 18.5 Å². The lowest BCUT2D eigenvalue weighted by atomic mass is 9.88. The van der Waals surface area contributed by atoms with Gasteiger partial charge in [0.15, 0.2) is 0 Å². The number of amides is 1. The van der Waals surface area contributed by atoms with Crippen LogP contribution in [0.25, 0.3) is 17.4 Å². The fraction of sp³-hybridized carbons (Fsp3) is 0.269. The van der Waals surface area contributed by atoms with Crippen LogP contribution in [0.1, 0.15) is 46.8 Å². The van der Waals surface area contributed by atoms with Crippen LogP contribution in [0, 0.1) is 23.1 Å². The van der Waals surface area contributed by atoms with E-state index in [4.69, 9.17) is 9.15 Å². The van der Waals surface area contributed by atoms with Crippen LogP contribution >= 0.6 is 11.3 Å². The second kappa shape index (κ2) is 10.1. The number of hydrogen-bond donors (Lipinski definition) is 1. The molecule has 2 aromatic heterocycles. The van der Waals surface area contributed by atoms with Gasteiger partial charge in [-0.05, 0) is 61.9 Å². The van der Waals surface area contributed by atoms with Gasteiger partial charge >= 0.3 is 5.97 Å². The summed E-state index contributed by atoms with van der Waals surface area (Å²) in [5, 5.41) is 12.7. The Kier molecular flexibility index (Phi) is 6.94. The molecule has 0 bridgehead atoms. The standard InChI is InChI=1S/C26H23FN2O4S/c1-3-32-26(31)23-19-10-8-15(2)12-22(19)34-25(23)29-24(30)16(14-28)13-17-9-11-21(33-17)18-6-4-5-7-20(18)27/h4-7,9,11,13,15H,3,8,10,12H2,1-2H3,(H,29,30)/b16-13+. The minimum atomic E-state index is -0.663. The zero-order valence-electron chi connectivity index (χ0n) is 18.8. The first-order chi connectivity index (χ1) is 16.4. The molecule has 0 spiro atoms. The number of nitrogens with zero attached hydrogens (tertiary/aromatic N) is 1. The average molecular weight is 479 g/mol. The SMILES string of the molecule is CCOC(=O)c1c(NC(=O)/C(C#N)=C/c2ccc(-c3ccccc3F)o2)sc2c1CCC(C)C2. The van der Waals surface area contributed by atoms with Crippen LogP contribution in [0.5, 0.6) is 0 Å². The van der Waals surface area contributed by atoms with E-state index >= 15 is 0 Å². The quantitative estimate of drug-likeness (QED) is 0.267. The molecule has 1 N–H and O–H groups in total. The maximum absolute atomic E-state index is 14.0. The van der Waals surface area contributed by atoms with Crippen molar-refractivity contribution in [1.29, 1.82) is 5.26 Å². The number of nitriles is 1. The van der Waals surface area contributed by atoms with Gasteiger partial charge in [0.25, 0.3) is 5.91 Å². The molecule has 34 heavy (non-hydrogen) atoms. The number of ether oxygens (including phenoxy) is 1. The average Bonchev–Trinajstić information content (AvgIpc) is 3.41. The van der Waals surface area contributed by atoms with Crippen molar-refractivity contribution in [2.75, 3.05) is 11.9 Å². The van der Waals surface area contributed by atoms with Gasteiger partial charge in [-0.1, -0.05) is 19.1 Å². The van der Waals surface area contributed by atoms with Crippen LogP contribution in [0.15, 0.2) is 46.4 Å². The molecule has 0 aliphatic heterocycles. The predicted octanol–water partition coefficient (Wildman–Crippen LogP) is 5.99. The molecule has 3 aromatic rings. The van der Waals surface area contributed by atoms with E-state index in [1.165, 1.54) is 23.5 Å². The summed E-state index contributed by atoms with van der Waals surface area (Å²) in [4.78, 5) is 26.7. The highest BCUT2D eigenvalue weighted by molar-refractivity contribution is 7.17. The number of thiophene rings is 1. The summed E-state index contributed by atoms with van der Waals surface area (Å²) in [6, 6.07) is 11.2. The molecule has 1 atom stereocenters. The lowest BCUT2D eigenvalue weighted by molar-refractivity contribution is -0.112. The third kappa shape index (κ3) is 4.80. The van der Waals surface area contributed by atoms with Crippen molar-refractivity contribution in [3.8, 4) is 17.4 Å². The topological polar surface area (TPSA) is 92.3 Å². The lowest BCUT2D eigenvalue weighted by Crippen LogP contribution is -2.17. The summed E-state index contributed by atoms with van der Waals surface area (Å²) in [6.07, 6.45) is 3.81. The molecule has 1 aliphatic rings. The van der Waals surface area contributed by atoms with E-state index in [0.717, 1.165) is 29.7 Å². The number of carbonyl (C=O) groups excluding carboxylic acids is 2. The summed E-state index contributed by atoms with van der Waals surface area (Å²) in [7, 11) is 0. The first-order valence-corrected chi connectivity index (χ1v) is 11.8. The van der Waals surface area contributed by atoms with Crippen LogP contribution in [0.4, 0.5) is 9.39 Å². The Morgan fingerprint density at radius 2 is 2.12 bits per heavy atom. The Morgan fingerprint density at radius 1 is 1.32 bits per heavy atom. The van der Waals surface area contributed by atoms with Gasteiger partial charge in [0.1, 0.15) is 34.0 Å². The zero-order valence-corrected chi connectivity index (χ0v) is 19.6. The van der Waals surface area contributed by atoms with Gasteiger partial charge in [0, 0.05) is 11.0 Å². The fourth-order valence-electron chi connectivity index (χ4n) is 3.96. The molecule has 8 heteroatoms. The number of rotatable bonds is 6. The number of furan rings is 1. The molecule has 1 amide bonds. The second-order valence-electron chi connectivity index (χ2n) is 8.08. The molecule has 0 saturated carbocycles. The molecule has 0 radical (unpaired) electrons. The molecule has 1 unspecified atom stereocenters. The maximum Gasteiger partial charge on any atom is 0.341 e.